The van der Waals surface area contributed by atoms with Crippen molar-refractivity contribution in [3.8, 4) is 23.4 Å². The smallest absolute Gasteiger partial charge is 0.338 e. The maximum Gasteiger partial charge on any atom is 0.338 e. The minimum absolute atomic E-state index is 0.0354. The van der Waals surface area contributed by atoms with Crippen LogP contribution in [0.5, 0.6) is 11.8 Å². The molecule has 0 aromatic carbocycles. The number of sulfonamides is 2. The van der Waals surface area contributed by atoms with Gasteiger partial charge < -0.3 is 14.6 Å². The number of carbonyl (C=O) groups is 2. The largest absolute Gasteiger partial charge is 0.478 e. The van der Waals surface area contributed by atoms with Gasteiger partial charge in [-0.3, -0.25) is 14.2 Å². The molecule has 25 heteroatoms. The Balaban J connectivity index is 0.000000176. The Morgan fingerprint density at radius 2 is 1.11 bits per heavy atom. The van der Waals surface area contributed by atoms with Crippen molar-refractivity contribution < 1.29 is 41.0 Å². The van der Waals surface area contributed by atoms with Crippen LogP contribution in [-0.4, -0.2) is 96.1 Å². The zero-order valence-electron chi connectivity index (χ0n) is 47.1. The van der Waals surface area contributed by atoms with Gasteiger partial charge in [0.05, 0.1) is 36.7 Å². The number of aromatic carboxylic acids is 1. The summed E-state index contributed by atoms with van der Waals surface area (Å²) in [5.74, 6) is 1.34. The standard InChI is InChI=1S/C28H37ClN6O4S.C15H16ClN3O3.C13H23N3O2S/c1-27(2)10-8-20(17-27)5-4-14-34-19-21(18-30-34)40(37,38)33-26(36)22-6-7-23(31-25(22)29)35-15-9-24(32-35)39-16-13-28(3)11-12-28;1-15(5-6-15)7-9-22-12-4-8-19(18-12)11-3-2-10(14(20)21)13(16)17-11;1-13(2)6-5-11(8-13)4-3-7-16-10-12(9-15-16)19(14,17)18/h6-7,9,15,18-20H,4-5,8,10-14,16-17H2,1-3H3,(H,33,36);2-4,8H,5-7,9H2,1H3,(H,20,21);9-11H,3-8H2,1-2H3,(H2,14,17,18). The predicted molar refractivity (Wildman–Crippen MR) is 306 cm³/mol. The first-order chi connectivity index (χ1) is 38.1. The molecule has 4 saturated carbocycles. The molecule has 440 valence electrons. The highest BCUT2D eigenvalue weighted by molar-refractivity contribution is 7.90. The SMILES string of the molecule is CC1(C)CCC(CCCn2cc(S(=O)(=O)NC(=O)c3ccc(-n4ccc(OCCC5(C)CC5)n4)nc3Cl)cn2)C1.CC1(C)CCC(CCCn2cc(S(N)(=O)=O)cn2)C1.CC1(CCOc2ccn(-c3ccc(C(=O)O)c(Cl)n3)n2)CC1. The van der Waals surface area contributed by atoms with Gasteiger partial charge >= 0.3 is 5.97 Å². The summed E-state index contributed by atoms with van der Waals surface area (Å²) in [4.78, 5) is 32.0. The molecule has 0 spiro atoms. The zero-order chi connectivity index (χ0) is 58.4. The first-order valence-electron chi connectivity index (χ1n) is 27.7. The highest BCUT2D eigenvalue weighted by Gasteiger charge is 2.38. The predicted octanol–water partition coefficient (Wildman–Crippen LogP) is 10.7. The molecule has 4 N–H and O–H groups in total. The number of nitrogens with two attached hydrogens (primary N) is 1. The third-order valence-corrected chi connectivity index (χ3v) is 18.8. The van der Waals surface area contributed by atoms with Gasteiger partial charge in [-0.1, -0.05) is 64.7 Å². The van der Waals surface area contributed by atoms with E-state index in [1.54, 1.807) is 46.0 Å². The van der Waals surface area contributed by atoms with Crippen molar-refractivity contribution in [1.82, 2.24) is 53.8 Å². The number of aryl methyl sites for hydroxylation is 2. The average Bonchev–Trinajstić information content (AvgIpc) is 3.88. The Morgan fingerprint density at radius 1 is 0.667 bits per heavy atom. The fourth-order valence-corrected chi connectivity index (χ4v) is 12.2. The summed E-state index contributed by atoms with van der Waals surface area (Å²) in [6.07, 6.45) is 27.8. The maximum atomic E-state index is 12.9. The second-order valence-corrected chi connectivity index (χ2v) is 28.5. The molecule has 2 atom stereocenters. The summed E-state index contributed by atoms with van der Waals surface area (Å²) in [7, 11) is -7.76. The first-order valence-corrected chi connectivity index (χ1v) is 31.5. The van der Waals surface area contributed by atoms with Crippen molar-refractivity contribution >= 4 is 55.1 Å². The van der Waals surface area contributed by atoms with Crippen molar-refractivity contribution in [2.45, 2.75) is 167 Å². The number of hydrogen-bond acceptors (Lipinski definition) is 14. The van der Waals surface area contributed by atoms with Gasteiger partial charge in [-0.15, -0.1) is 10.2 Å². The summed E-state index contributed by atoms with van der Waals surface area (Å²) in [6, 6.07) is 9.39. The van der Waals surface area contributed by atoms with Crippen LogP contribution in [0.4, 0.5) is 0 Å². The summed E-state index contributed by atoms with van der Waals surface area (Å²) in [5, 5.41) is 30.6. The molecule has 6 aromatic heterocycles. The Morgan fingerprint density at radius 3 is 1.51 bits per heavy atom. The van der Waals surface area contributed by atoms with Crippen LogP contribution in [-0.2, 0) is 33.1 Å². The van der Waals surface area contributed by atoms with E-state index in [-0.39, 0.29) is 31.2 Å². The van der Waals surface area contributed by atoms with Gasteiger partial charge in [0, 0.05) is 50.0 Å². The van der Waals surface area contributed by atoms with E-state index in [9.17, 15) is 26.4 Å². The quantitative estimate of drug-likeness (QED) is 0.0503. The highest BCUT2D eigenvalue weighted by atomic mass is 35.5. The summed E-state index contributed by atoms with van der Waals surface area (Å²) in [5.41, 5.74) is 1.66. The second kappa shape index (κ2) is 25.3. The number of ether oxygens (including phenoxy) is 2. The molecule has 4 aliphatic rings. The molecule has 6 heterocycles. The lowest BCUT2D eigenvalue weighted by Crippen LogP contribution is -2.30. The van der Waals surface area contributed by atoms with Gasteiger partial charge in [0.1, 0.15) is 20.1 Å². The van der Waals surface area contributed by atoms with Gasteiger partial charge in [0.2, 0.25) is 21.8 Å². The van der Waals surface area contributed by atoms with Crippen molar-refractivity contribution in [2.75, 3.05) is 13.2 Å². The lowest BCUT2D eigenvalue weighted by atomic mass is 9.89. The highest BCUT2D eigenvalue weighted by Crippen LogP contribution is 2.49. The molecule has 2 unspecified atom stereocenters. The number of nitrogens with one attached hydrogen (secondary N) is 1. The fourth-order valence-electron chi connectivity index (χ4n) is 10.4. The second-order valence-electron chi connectivity index (χ2n) is 24.5. The summed E-state index contributed by atoms with van der Waals surface area (Å²) in [6.45, 7) is 16.4. The fraction of sp³-hybridized carbons (Fsp3) is 0.571. The number of primary sulfonamides is 1. The third kappa shape index (κ3) is 17.8. The van der Waals surface area contributed by atoms with Gasteiger partial charge in [-0.25, -0.2) is 50.8 Å². The van der Waals surface area contributed by atoms with Crippen LogP contribution >= 0.6 is 23.2 Å². The number of carbonyl (C=O) groups excluding carboxylic acids is 1. The molecule has 6 aromatic rings. The normalized spacial score (nSPS) is 19.2. The lowest BCUT2D eigenvalue weighted by molar-refractivity contribution is 0.0696. The number of amides is 1. The van der Waals surface area contributed by atoms with E-state index in [1.165, 1.54) is 117 Å². The van der Waals surface area contributed by atoms with Crippen LogP contribution in [0.25, 0.3) is 11.6 Å². The third-order valence-electron chi connectivity index (χ3n) is 16.1. The van der Waals surface area contributed by atoms with Crippen LogP contribution in [0.15, 0.2) is 83.4 Å². The van der Waals surface area contributed by atoms with E-state index in [0.29, 0.717) is 70.7 Å². The molecule has 4 aliphatic carbocycles. The van der Waals surface area contributed by atoms with Gasteiger partial charge in [0.25, 0.3) is 15.9 Å². The molecule has 81 heavy (non-hydrogen) atoms. The minimum Gasteiger partial charge on any atom is -0.478 e. The molecular weight excluding hydrogens is 1120 g/mol. The molecule has 10 rings (SSSR count). The monoisotopic (exact) mass is 1190 g/mol. The summed E-state index contributed by atoms with van der Waals surface area (Å²) >= 11 is 12.1. The number of nitrogens with zero attached hydrogens (tertiary/aromatic N) is 10. The molecule has 21 nitrogen and oxygen atoms in total. The number of halogens is 2. The Kier molecular flexibility index (Phi) is 19.1. The molecule has 1 amide bonds. The molecule has 0 saturated heterocycles. The van der Waals surface area contributed by atoms with Crippen LogP contribution in [0.1, 0.15) is 165 Å². The zero-order valence-corrected chi connectivity index (χ0v) is 50.2. The topological polar surface area (TPSA) is 276 Å². The van der Waals surface area contributed by atoms with Gasteiger partial charge in [0.15, 0.2) is 11.6 Å². The van der Waals surface area contributed by atoms with Gasteiger partial charge in [-0.2, -0.15) is 10.2 Å². The van der Waals surface area contributed by atoms with Gasteiger partial charge in [-0.05, 0) is 160 Å². The van der Waals surface area contributed by atoms with Crippen LogP contribution in [0, 0.1) is 33.5 Å². The van der Waals surface area contributed by atoms with E-state index in [1.807, 2.05) is 0 Å². The van der Waals surface area contributed by atoms with Crippen LogP contribution in [0.2, 0.25) is 10.3 Å². The number of aromatic nitrogens is 10. The lowest BCUT2D eigenvalue weighted by Gasteiger charge is -2.17. The Hall–Kier alpha value is -5.88. The number of carboxylic acid groups (broad SMARTS) is 1. The number of pyridine rings is 2. The maximum absolute atomic E-state index is 12.9. The van der Waals surface area contributed by atoms with Crippen molar-refractivity contribution in [2.24, 2.45) is 38.6 Å². The van der Waals surface area contributed by atoms with Crippen LogP contribution in [0.3, 0.4) is 0 Å². The van der Waals surface area contributed by atoms with Crippen molar-refractivity contribution in [3.63, 3.8) is 0 Å². The molecule has 0 bridgehead atoms. The average molecular weight is 1200 g/mol. The number of carboxylic acids is 1. The molecule has 4 fully saturated rings. The Labute approximate surface area is 484 Å². The van der Waals surface area contributed by atoms with Crippen LogP contribution < -0.4 is 19.3 Å². The Bertz CT molecular complexity index is 3380. The van der Waals surface area contributed by atoms with E-state index in [4.69, 9.17) is 42.9 Å². The van der Waals surface area contributed by atoms with E-state index in [0.717, 1.165) is 44.6 Å². The molecule has 0 aliphatic heterocycles. The van der Waals surface area contributed by atoms with E-state index >= 15 is 0 Å². The summed E-state index contributed by atoms with van der Waals surface area (Å²) < 4.78 is 67.7. The van der Waals surface area contributed by atoms with E-state index in [2.05, 4.69) is 76.6 Å². The minimum atomic E-state index is -4.14. The molecular formula is C56H76Cl2N12O9S2. The molecule has 0 radical (unpaired) electrons. The first kappa shape index (κ1) is 61.2. The van der Waals surface area contributed by atoms with Crippen molar-refractivity contribution in [1.29, 1.82) is 0 Å². The number of rotatable bonds is 23. The van der Waals surface area contributed by atoms with Crippen molar-refractivity contribution in [3.05, 3.63) is 95.0 Å². The number of hydrogen-bond donors (Lipinski definition) is 3. The van der Waals surface area contributed by atoms with E-state index < -0.39 is 31.9 Å².